The van der Waals surface area contributed by atoms with E-state index >= 15 is 0 Å². The zero-order valence-electron chi connectivity index (χ0n) is 19.0. The summed E-state index contributed by atoms with van der Waals surface area (Å²) in [5.41, 5.74) is 2.92. The van der Waals surface area contributed by atoms with Gasteiger partial charge in [-0.25, -0.2) is 16.8 Å². The zero-order valence-corrected chi connectivity index (χ0v) is 21.3. The second-order valence-electron chi connectivity index (χ2n) is 7.86. The molecule has 2 N–H and O–H groups in total. The van der Waals surface area contributed by atoms with Crippen LogP contribution in [0.1, 0.15) is 21.5 Å². The van der Waals surface area contributed by atoms with Crippen LogP contribution in [0.25, 0.3) is 0 Å². The lowest BCUT2D eigenvalue weighted by molar-refractivity contribution is 0.102. The number of carbonyl (C=O) groups excluding carboxylic acids is 1. The predicted molar refractivity (Wildman–Crippen MR) is 136 cm³/mol. The monoisotopic (exact) mass is 521 g/mol. The summed E-state index contributed by atoms with van der Waals surface area (Å²) in [6.07, 6.45) is 1.07. The fourth-order valence-electron chi connectivity index (χ4n) is 3.27. The van der Waals surface area contributed by atoms with Gasteiger partial charge in [-0.15, -0.1) is 0 Å². The third kappa shape index (κ3) is 6.07. The first kappa shape index (κ1) is 25.5. The van der Waals surface area contributed by atoms with Crippen LogP contribution >= 0.6 is 11.6 Å². The molecule has 0 bridgehead atoms. The second kappa shape index (κ2) is 9.65. The molecule has 34 heavy (non-hydrogen) atoms. The number of carbonyl (C=O) groups is 1. The molecule has 3 aromatic carbocycles. The maximum atomic E-state index is 13.0. The van der Waals surface area contributed by atoms with Crippen LogP contribution in [0.3, 0.4) is 0 Å². The van der Waals surface area contributed by atoms with E-state index in [0.29, 0.717) is 17.1 Å². The predicted octanol–water partition coefficient (Wildman–Crippen LogP) is 4.41. The Morgan fingerprint density at radius 1 is 0.882 bits per heavy atom. The summed E-state index contributed by atoms with van der Waals surface area (Å²) >= 11 is 6.16. The van der Waals surface area contributed by atoms with Gasteiger partial charge in [0, 0.05) is 24.0 Å². The van der Waals surface area contributed by atoms with E-state index in [-0.39, 0.29) is 15.5 Å². The number of benzene rings is 3. The number of rotatable bonds is 7. The second-order valence-corrected chi connectivity index (χ2v) is 11.9. The van der Waals surface area contributed by atoms with E-state index in [1.54, 1.807) is 30.3 Å². The van der Waals surface area contributed by atoms with Gasteiger partial charge in [0.25, 0.3) is 15.9 Å². The molecule has 3 aromatic rings. The van der Waals surface area contributed by atoms with Crippen LogP contribution in [0.4, 0.5) is 17.1 Å². The summed E-state index contributed by atoms with van der Waals surface area (Å²) in [6, 6.07) is 15.5. The van der Waals surface area contributed by atoms with Crippen molar-refractivity contribution in [1.82, 2.24) is 0 Å². The number of nitrogens with zero attached hydrogens (tertiary/aromatic N) is 1. The van der Waals surface area contributed by atoms with Gasteiger partial charge < -0.3 is 5.32 Å². The molecule has 0 heterocycles. The minimum Gasteiger partial charge on any atom is -0.322 e. The van der Waals surface area contributed by atoms with Crippen molar-refractivity contribution in [2.75, 3.05) is 27.6 Å². The number of halogens is 1. The molecule has 0 saturated carbocycles. The lowest BCUT2D eigenvalue weighted by Crippen LogP contribution is -2.24. The van der Waals surface area contributed by atoms with Crippen molar-refractivity contribution in [1.29, 1.82) is 0 Å². The van der Waals surface area contributed by atoms with E-state index in [9.17, 15) is 21.6 Å². The maximum absolute atomic E-state index is 13.0. The van der Waals surface area contributed by atoms with Crippen LogP contribution < -0.4 is 14.3 Å². The Hall–Kier alpha value is -3.08. The maximum Gasteiger partial charge on any atom is 0.263 e. The van der Waals surface area contributed by atoms with Crippen molar-refractivity contribution in [2.24, 2.45) is 0 Å². The van der Waals surface area contributed by atoms with E-state index in [0.717, 1.165) is 21.7 Å². The molecular formula is C23H24ClN3O5S2. The van der Waals surface area contributed by atoms with Crippen LogP contribution in [-0.2, 0) is 20.0 Å². The Morgan fingerprint density at radius 3 is 2.15 bits per heavy atom. The molecule has 0 aliphatic rings. The van der Waals surface area contributed by atoms with Gasteiger partial charge in [0.15, 0.2) is 0 Å². The quantitative estimate of drug-likeness (QED) is 0.478. The Kier molecular flexibility index (Phi) is 7.25. The number of hydrogen-bond acceptors (Lipinski definition) is 5. The van der Waals surface area contributed by atoms with Gasteiger partial charge in [-0.1, -0.05) is 23.7 Å². The molecule has 0 spiro atoms. The zero-order chi connectivity index (χ0) is 25.3. The smallest absolute Gasteiger partial charge is 0.263 e. The van der Waals surface area contributed by atoms with E-state index in [1.807, 2.05) is 19.9 Å². The molecule has 0 atom stereocenters. The van der Waals surface area contributed by atoms with Gasteiger partial charge in [0.1, 0.15) is 4.90 Å². The highest BCUT2D eigenvalue weighted by molar-refractivity contribution is 7.93. The van der Waals surface area contributed by atoms with Crippen LogP contribution in [0, 0.1) is 13.8 Å². The number of aryl methyl sites for hydroxylation is 2. The van der Waals surface area contributed by atoms with Crippen molar-refractivity contribution < 1.29 is 21.6 Å². The highest BCUT2D eigenvalue weighted by Gasteiger charge is 2.21. The van der Waals surface area contributed by atoms with Crippen molar-refractivity contribution >= 4 is 54.6 Å². The van der Waals surface area contributed by atoms with Gasteiger partial charge >= 0.3 is 0 Å². The van der Waals surface area contributed by atoms with Crippen LogP contribution in [0.5, 0.6) is 0 Å². The highest BCUT2D eigenvalue weighted by atomic mass is 35.5. The van der Waals surface area contributed by atoms with Gasteiger partial charge in [-0.3, -0.25) is 13.8 Å². The summed E-state index contributed by atoms with van der Waals surface area (Å²) in [6.45, 7) is 3.71. The summed E-state index contributed by atoms with van der Waals surface area (Å²) in [5, 5.41) is 2.61. The molecule has 0 fully saturated rings. The Morgan fingerprint density at radius 2 is 1.53 bits per heavy atom. The molecule has 8 nitrogen and oxygen atoms in total. The standard InChI is InChI=1S/C23H24ClN3O5S2/c1-15-10-16(2)12-19(11-15)26-34(31,32)22-13-17(8-9-21(22)24)23(28)25-18-6-5-7-20(14-18)27(3)33(4,29)30/h5-14,26H,1-4H3,(H,25,28). The number of sulfonamides is 2. The van der Waals surface area contributed by atoms with Crippen molar-refractivity contribution in [3.63, 3.8) is 0 Å². The lowest BCUT2D eigenvalue weighted by atomic mass is 10.1. The number of hydrogen-bond donors (Lipinski definition) is 2. The number of anilines is 3. The van der Waals surface area contributed by atoms with Crippen LogP contribution in [0.2, 0.25) is 5.02 Å². The van der Waals surface area contributed by atoms with Gasteiger partial charge in [-0.05, 0) is 73.5 Å². The highest BCUT2D eigenvalue weighted by Crippen LogP contribution is 2.27. The largest absolute Gasteiger partial charge is 0.322 e. The molecule has 0 aromatic heterocycles. The summed E-state index contributed by atoms with van der Waals surface area (Å²) in [7, 11) is -6.16. The summed E-state index contributed by atoms with van der Waals surface area (Å²) in [5.74, 6) is -0.585. The average Bonchev–Trinajstić information content (AvgIpc) is 2.71. The third-order valence-electron chi connectivity index (χ3n) is 4.92. The Balaban J connectivity index is 1.88. The summed E-state index contributed by atoms with van der Waals surface area (Å²) < 4.78 is 53.1. The normalized spacial score (nSPS) is 11.7. The molecular weight excluding hydrogens is 498 g/mol. The minimum atomic E-state index is -4.08. The average molecular weight is 522 g/mol. The SMILES string of the molecule is Cc1cc(C)cc(NS(=O)(=O)c2cc(C(=O)Nc3cccc(N(C)S(C)(=O)=O)c3)ccc2Cl)c1. The fourth-order valence-corrected chi connectivity index (χ4v) is 5.33. The number of nitrogens with one attached hydrogen (secondary N) is 2. The molecule has 3 rings (SSSR count). The van der Waals surface area contributed by atoms with Crippen LogP contribution in [-0.4, -0.2) is 36.0 Å². The van der Waals surface area contributed by atoms with Crippen molar-refractivity contribution in [3.8, 4) is 0 Å². The van der Waals surface area contributed by atoms with Crippen molar-refractivity contribution in [3.05, 3.63) is 82.4 Å². The first-order valence-electron chi connectivity index (χ1n) is 10.0. The van der Waals surface area contributed by atoms with E-state index in [2.05, 4.69) is 10.0 Å². The molecule has 0 aliphatic carbocycles. The number of amides is 1. The Labute approximate surface area is 204 Å². The molecule has 0 aliphatic heterocycles. The first-order valence-corrected chi connectivity index (χ1v) is 13.7. The fraction of sp³-hybridized carbons (Fsp3) is 0.174. The molecule has 180 valence electrons. The van der Waals surface area contributed by atoms with Crippen LogP contribution in [0.15, 0.2) is 65.6 Å². The third-order valence-corrected chi connectivity index (χ3v) is 7.99. The molecule has 0 unspecified atom stereocenters. The molecule has 0 radical (unpaired) electrons. The van der Waals surface area contributed by atoms with E-state index in [4.69, 9.17) is 11.6 Å². The van der Waals surface area contributed by atoms with Gasteiger partial charge in [-0.2, -0.15) is 0 Å². The van der Waals surface area contributed by atoms with E-state index < -0.39 is 26.0 Å². The topological polar surface area (TPSA) is 113 Å². The van der Waals surface area contributed by atoms with Crippen molar-refractivity contribution in [2.45, 2.75) is 18.7 Å². The van der Waals surface area contributed by atoms with E-state index in [1.165, 1.54) is 31.3 Å². The van der Waals surface area contributed by atoms with Gasteiger partial charge in [0.2, 0.25) is 10.0 Å². The Bertz CT molecular complexity index is 1450. The summed E-state index contributed by atoms with van der Waals surface area (Å²) in [4.78, 5) is 12.6. The molecule has 1 amide bonds. The molecule has 11 heteroatoms. The lowest BCUT2D eigenvalue weighted by Gasteiger charge is -2.17. The van der Waals surface area contributed by atoms with Gasteiger partial charge in [0.05, 0.1) is 17.0 Å². The minimum absolute atomic E-state index is 0.0369. The first-order chi connectivity index (χ1) is 15.8. The molecule has 0 saturated heterocycles.